The standard InChI is InChI=1S/C14H22N2O4S/c1-3-9-16(10-12-7-5-6-8-13(12)15)21(18,19)11-14(17)20-4-2/h5-8H,3-4,9-11,15H2,1-2H3. The number of nitrogens with zero attached hydrogens (tertiary/aromatic N) is 1. The molecule has 0 bridgehead atoms. The molecular weight excluding hydrogens is 292 g/mol. The van der Waals surface area contributed by atoms with Gasteiger partial charge in [0, 0.05) is 18.8 Å². The summed E-state index contributed by atoms with van der Waals surface area (Å²) in [5.41, 5.74) is 7.10. The molecule has 1 rings (SSSR count). The van der Waals surface area contributed by atoms with E-state index in [-0.39, 0.29) is 13.2 Å². The highest BCUT2D eigenvalue weighted by atomic mass is 32.2. The third-order valence-corrected chi connectivity index (χ3v) is 4.57. The Kier molecular flexibility index (Phi) is 6.64. The third-order valence-electron chi connectivity index (χ3n) is 2.87. The van der Waals surface area contributed by atoms with E-state index in [1.807, 2.05) is 6.92 Å². The molecule has 1 aromatic rings. The number of nitrogen functional groups attached to an aromatic ring is 1. The number of nitrogens with two attached hydrogens (primary N) is 1. The number of para-hydroxylation sites is 1. The van der Waals surface area contributed by atoms with Crippen LogP contribution in [0.3, 0.4) is 0 Å². The van der Waals surface area contributed by atoms with E-state index in [4.69, 9.17) is 10.5 Å². The van der Waals surface area contributed by atoms with Gasteiger partial charge < -0.3 is 10.5 Å². The Morgan fingerprint density at radius 1 is 1.29 bits per heavy atom. The largest absolute Gasteiger partial charge is 0.465 e. The summed E-state index contributed by atoms with van der Waals surface area (Å²) in [6.07, 6.45) is 0.648. The maximum atomic E-state index is 12.3. The van der Waals surface area contributed by atoms with Gasteiger partial charge in [0.15, 0.2) is 5.75 Å². The molecule has 0 aliphatic carbocycles. The first-order valence-electron chi connectivity index (χ1n) is 6.87. The van der Waals surface area contributed by atoms with E-state index < -0.39 is 21.7 Å². The molecule has 0 saturated carbocycles. The molecule has 0 aliphatic heterocycles. The van der Waals surface area contributed by atoms with Crippen molar-refractivity contribution in [3.05, 3.63) is 29.8 Å². The maximum Gasteiger partial charge on any atom is 0.322 e. The molecule has 0 atom stereocenters. The monoisotopic (exact) mass is 314 g/mol. The molecule has 0 unspecified atom stereocenters. The maximum absolute atomic E-state index is 12.3. The lowest BCUT2D eigenvalue weighted by Crippen LogP contribution is -2.36. The molecule has 2 N–H and O–H groups in total. The van der Waals surface area contributed by atoms with Gasteiger partial charge in [0.1, 0.15) is 0 Å². The number of esters is 1. The van der Waals surface area contributed by atoms with E-state index in [1.165, 1.54) is 4.31 Å². The van der Waals surface area contributed by atoms with E-state index in [9.17, 15) is 13.2 Å². The molecular formula is C14H22N2O4S. The van der Waals surface area contributed by atoms with Crippen molar-refractivity contribution in [3.8, 4) is 0 Å². The first kappa shape index (κ1) is 17.5. The van der Waals surface area contributed by atoms with Gasteiger partial charge in [-0.15, -0.1) is 0 Å². The van der Waals surface area contributed by atoms with Crippen LogP contribution < -0.4 is 5.73 Å². The topological polar surface area (TPSA) is 89.7 Å². The van der Waals surface area contributed by atoms with Gasteiger partial charge in [-0.05, 0) is 25.0 Å². The Morgan fingerprint density at radius 2 is 1.95 bits per heavy atom. The highest BCUT2D eigenvalue weighted by Crippen LogP contribution is 2.16. The average molecular weight is 314 g/mol. The van der Waals surface area contributed by atoms with Crippen LogP contribution in [-0.2, 0) is 26.1 Å². The molecule has 118 valence electrons. The van der Waals surface area contributed by atoms with Crippen molar-refractivity contribution in [2.24, 2.45) is 0 Å². The number of rotatable bonds is 8. The van der Waals surface area contributed by atoms with Crippen molar-refractivity contribution >= 4 is 21.7 Å². The van der Waals surface area contributed by atoms with Gasteiger partial charge in [0.25, 0.3) is 0 Å². The highest BCUT2D eigenvalue weighted by molar-refractivity contribution is 7.89. The predicted octanol–water partition coefficient (Wildman–Crippen LogP) is 1.37. The quantitative estimate of drug-likeness (QED) is 0.578. The Labute approximate surface area is 125 Å². The second kappa shape index (κ2) is 7.99. The lowest BCUT2D eigenvalue weighted by Gasteiger charge is -2.22. The minimum absolute atomic E-state index is 0.155. The van der Waals surface area contributed by atoms with Gasteiger partial charge in [0.2, 0.25) is 10.0 Å². The second-order valence-electron chi connectivity index (χ2n) is 4.59. The Hall–Kier alpha value is -1.60. The fourth-order valence-corrected chi connectivity index (χ4v) is 3.24. The summed E-state index contributed by atoms with van der Waals surface area (Å²) in [7, 11) is -3.72. The van der Waals surface area contributed by atoms with E-state index in [0.29, 0.717) is 18.7 Å². The van der Waals surface area contributed by atoms with Crippen molar-refractivity contribution in [3.63, 3.8) is 0 Å². The van der Waals surface area contributed by atoms with Gasteiger partial charge in [-0.2, -0.15) is 4.31 Å². The van der Waals surface area contributed by atoms with E-state index in [2.05, 4.69) is 0 Å². The number of hydrogen-bond acceptors (Lipinski definition) is 5. The third kappa shape index (κ3) is 5.35. The minimum Gasteiger partial charge on any atom is -0.465 e. The summed E-state index contributed by atoms with van der Waals surface area (Å²) in [5.74, 6) is -1.38. The summed E-state index contributed by atoms with van der Waals surface area (Å²) >= 11 is 0. The van der Waals surface area contributed by atoms with Crippen molar-refractivity contribution in [2.45, 2.75) is 26.8 Å². The van der Waals surface area contributed by atoms with Gasteiger partial charge in [0.05, 0.1) is 6.61 Å². The number of benzene rings is 1. The van der Waals surface area contributed by atoms with Crippen LogP contribution in [0.1, 0.15) is 25.8 Å². The molecule has 0 heterocycles. The van der Waals surface area contributed by atoms with Crippen LogP contribution in [0, 0.1) is 0 Å². The summed E-state index contributed by atoms with van der Waals surface area (Å²) in [5, 5.41) is 0. The van der Waals surface area contributed by atoms with Crippen LogP contribution in [0.15, 0.2) is 24.3 Å². The Balaban J connectivity index is 2.90. The second-order valence-corrected chi connectivity index (χ2v) is 6.56. The van der Waals surface area contributed by atoms with Crippen molar-refractivity contribution in [1.82, 2.24) is 4.31 Å². The SMILES string of the molecule is CCCN(Cc1ccccc1N)S(=O)(=O)CC(=O)OCC. The summed E-state index contributed by atoms with van der Waals surface area (Å²) in [6.45, 7) is 4.16. The van der Waals surface area contributed by atoms with Crippen molar-refractivity contribution < 1.29 is 17.9 Å². The first-order valence-corrected chi connectivity index (χ1v) is 8.48. The number of ether oxygens (including phenoxy) is 1. The van der Waals surface area contributed by atoms with Gasteiger partial charge in [-0.25, -0.2) is 8.42 Å². The van der Waals surface area contributed by atoms with Crippen LogP contribution in [0.25, 0.3) is 0 Å². The van der Waals surface area contributed by atoms with Gasteiger partial charge in [-0.1, -0.05) is 25.1 Å². The molecule has 0 radical (unpaired) electrons. The Morgan fingerprint density at radius 3 is 2.52 bits per heavy atom. The molecule has 0 fully saturated rings. The molecule has 1 aromatic carbocycles. The number of sulfonamides is 1. The summed E-state index contributed by atoms with van der Waals surface area (Å²) < 4.78 is 30.6. The van der Waals surface area contributed by atoms with E-state index >= 15 is 0 Å². The van der Waals surface area contributed by atoms with E-state index in [0.717, 1.165) is 5.56 Å². The Bertz CT molecular complexity index is 572. The molecule has 0 amide bonds. The molecule has 0 aliphatic rings. The van der Waals surface area contributed by atoms with Gasteiger partial charge in [-0.3, -0.25) is 4.79 Å². The summed E-state index contributed by atoms with van der Waals surface area (Å²) in [4.78, 5) is 11.4. The number of anilines is 1. The normalized spacial score (nSPS) is 11.6. The van der Waals surface area contributed by atoms with Crippen LogP contribution in [0.5, 0.6) is 0 Å². The van der Waals surface area contributed by atoms with Crippen molar-refractivity contribution in [1.29, 1.82) is 0 Å². The fraction of sp³-hybridized carbons (Fsp3) is 0.500. The van der Waals surface area contributed by atoms with Crippen molar-refractivity contribution in [2.75, 3.05) is 24.6 Å². The minimum atomic E-state index is -3.72. The molecule has 0 spiro atoms. The number of carbonyl (C=O) groups excluding carboxylic acids is 1. The molecule has 21 heavy (non-hydrogen) atoms. The predicted molar refractivity (Wildman–Crippen MR) is 82.0 cm³/mol. The smallest absolute Gasteiger partial charge is 0.322 e. The summed E-state index contributed by atoms with van der Waals surface area (Å²) in [6, 6.07) is 7.08. The number of carbonyl (C=O) groups is 1. The lowest BCUT2D eigenvalue weighted by molar-refractivity contribution is -0.140. The molecule has 6 nitrogen and oxygen atoms in total. The average Bonchev–Trinajstić information content (AvgIpc) is 2.40. The molecule has 0 saturated heterocycles. The van der Waals surface area contributed by atoms with Crippen LogP contribution in [-0.4, -0.2) is 37.6 Å². The molecule has 7 heteroatoms. The van der Waals surface area contributed by atoms with E-state index in [1.54, 1.807) is 31.2 Å². The fourth-order valence-electron chi connectivity index (χ4n) is 1.88. The lowest BCUT2D eigenvalue weighted by atomic mass is 10.2. The zero-order valence-electron chi connectivity index (χ0n) is 12.4. The van der Waals surface area contributed by atoms with Crippen LogP contribution in [0.2, 0.25) is 0 Å². The number of hydrogen-bond donors (Lipinski definition) is 1. The van der Waals surface area contributed by atoms with Crippen LogP contribution >= 0.6 is 0 Å². The van der Waals surface area contributed by atoms with Crippen LogP contribution in [0.4, 0.5) is 5.69 Å². The first-order chi connectivity index (χ1) is 9.90. The van der Waals surface area contributed by atoms with Gasteiger partial charge >= 0.3 is 5.97 Å². The zero-order chi connectivity index (χ0) is 15.9. The molecule has 0 aromatic heterocycles. The highest BCUT2D eigenvalue weighted by Gasteiger charge is 2.26. The zero-order valence-corrected chi connectivity index (χ0v) is 13.2.